The highest BCUT2D eigenvalue weighted by Crippen LogP contribution is 2.33. The molecule has 30 heavy (non-hydrogen) atoms. The van der Waals surface area contributed by atoms with Gasteiger partial charge in [-0.25, -0.2) is 9.97 Å². The number of hydrogen-bond acceptors (Lipinski definition) is 3. The lowest BCUT2D eigenvalue weighted by Gasteiger charge is -2.25. The maximum Gasteiger partial charge on any atom is 0.254 e. The summed E-state index contributed by atoms with van der Waals surface area (Å²) in [5.41, 5.74) is 2.45. The average molecular weight is 425 g/mol. The summed E-state index contributed by atoms with van der Waals surface area (Å²) in [7, 11) is 0. The van der Waals surface area contributed by atoms with Gasteiger partial charge in [0, 0.05) is 29.4 Å². The fourth-order valence-corrected chi connectivity index (χ4v) is 4.47. The number of hydrogen-bond donors (Lipinski definition) is 0. The minimum atomic E-state index is -0.00358. The predicted molar refractivity (Wildman–Crippen MR) is 121 cm³/mol. The Morgan fingerprint density at radius 2 is 2.03 bits per heavy atom. The monoisotopic (exact) mass is 424 g/mol. The Kier molecular flexibility index (Phi) is 6.38. The molecule has 2 heterocycles. The van der Waals surface area contributed by atoms with E-state index < -0.39 is 0 Å². The molecule has 3 aromatic rings. The second kappa shape index (κ2) is 9.17. The quantitative estimate of drug-likeness (QED) is 0.475. The lowest BCUT2D eigenvalue weighted by Crippen LogP contribution is -2.33. The molecule has 0 atom stereocenters. The first-order chi connectivity index (χ1) is 14.5. The van der Waals surface area contributed by atoms with Crippen molar-refractivity contribution in [2.45, 2.75) is 58.5 Å². The topological polar surface area (TPSA) is 51.0 Å². The Morgan fingerprint density at radius 1 is 1.23 bits per heavy atom. The van der Waals surface area contributed by atoms with Crippen LogP contribution in [0.1, 0.15) is 68.2 Å². The van der Waals surface area contributed by atoms with E-state index in [0.29, 0.717) is 35.6 Å². The van der Waals surface area contributed by atoms with Crippen LogP contribution in [0.5, 0.6) is 0 Å². The number of benzene rings is 1. The van der Waals surface area contributed by atoms with Crippen molar-refractivity contribution in [2.24, 2.45) is 5.92 Å². The summed E-state index contributed by atoms with van der Waals surface area (Å²) in [6, 6.07) is 11.5. The van der Waals surface area contributed by atoms with Crippen molar-refractivity contribution in [1.82, 2.24) is 19.4 Å². The molecule has 1 fully saturated rings. The van der Waals surface area contributed by atoms with Gasteiger partial charge in [-0.05, 0) is 55.5 Å². The van der Waals surface area contributed by atoms with E-state index in [1.54, 1.807) is 12.1 Å². The van der Waals surface area contributed by atoms with E-state index in [4.69, 9.17) is 16.6 Å². The van der Waals surface area contributed by atoms with E-state index in [2.05, 4.69) is 23.4 Å². The van der Waals surface area contributed by atoms with Crippen LogP contribution in [0.3, 0.4) is 0 Å². The molecule has 1 amide bonds. The molecule has 0 radical (unpaired) electrons. The Labute approximate surface area is 183 Å². The Morgan fingerprint density at radius 3 is 2.77 bits per heavy atom. The van der Waals surface area contributed by atoms with Gasteiger partial charge in [0.2, 0.25) is 0 Å². The van der Waals surface area contributed by atoms with Crippen LogP contribution in [0.4, 0.5) is 0 Å². The first-order valence-corrected chi connectivity index (χ1v) is 11.3. The minimum Gasteiger partial charge on any atom is -0.331 e. The molecule has 1 aliphatic carbocycles. The Hall–Kier alpha value is -2.40. The van der Waals surface area contributed by atoms with Crippen LogP contribution in [0.2, 0.25) is 5.02 Å². The smallest absolute Gasteiger partial charge is 0.254 e. The second-order valence-electron chi connectivity index (χ2n) is 8.60. The molecule has 158 valence electrons. The molecular formula is C24H29ClN4O. The van der Waals surface area contributed by atoms with Crippen molar-refractivity contribution in [1.29, 1.82) is 0 Å². The van der Waals surface area contributed by atoms with Crippen LogP contribution in [0, 0.1) is 5.92 Å². The van der Waals surface area contributed by atoms with Crippen LogP contribution in [0.25, 0.3) is 11.2 Å². The first kappa shape index (κ1) is 20.9. The SMILES string of the molecule is CC(C)CCN(Cc1nc2cccnc2n1C1CCCC1)C(=O)c1cccc(Cl)c1. The summed E-state index contributed by atoms with van der Waals surface area (Å²) in [5.74, 6) is 1.43. The number of nitrogens with zero attached hydrogens (tertiary/aromatic N) is 4. The molecule has 0 N–H and O–H groups in total. The van der Waals surface area contributed by atoms with Crippen LogP contribution < -0.4 is 0 Å². The van der Waals surface area contributed by atoms with E-state index in [1.807, 2.05) is 35.4 Å². The summed E-state index contributed by atoms with van der Waals surface area (Å²) in [5, 5.41) is 0.576. The van der Waals surface area contributed by atoms with Gasteiger partial charge in [0.25, 0.3) is 5.91 Å². The third-order valence-corrected chi connectivity index (χ3v) is 6.11. The number of rotatable bonds is 7. The second-order valence-corrected chi connectivity index (χ2v) is 9.04. The summed E-state index contributed by atoms with van der Waals surface area (Å²) < 4.78 is 2.29. The molecule has 0 unspecified atom stereocenters. The van der Waals surface area contributed by atoms with Crippen LogP contribution in [-0.2, 0) is 6.54 Å². The van der Waals surface area contributed by atoms with Crippen molar-refractivity contribution in [2.75, 3.05) is 6.54 Å². The molecule has 0 aliphatic heterocycles. The third kappa shape index (κ3) is 4.51. The molecule has 4 rings (SSSR count). The van der Waals surface area contributed by atoms with Crippen molar-refractivity contribution >= 4 is 28.7 Å². The van der Waals surface area contributed by atoms with Gasteiger partial charge >= 0.3 is 0 Å². The van der Waals surface area contributed by atoms with Gasteiger partial charge in [0.15, 0.2) is 5.65 Å². The van der Waals surface area contributed by atoms with Gasteiger partial charge in [-0.3, -0.25) is 4.79 Å². The molecule has 1 aliphatic rings. The largest absolute Gasteiger partial charge is 0.331 e. The summed E-state index contributed by atoms with van der Waals surface area (Å²) in [4.78, 5) is 24.8. The lowest BCUT2D eigenvalue weighted by molar-refractivity contribution is 0.0728. The highest BCUT2D eigenvalue weighted by molar-refractivity contribution is 6.30. The summed E-state index contributed by atoms with van der Waals surface area (Å²) in [6.07, 6.45) is 7.51. The number of carbonyl (C=O) groups is 1. The predicted octanol–water partition coefficient (Wildman–Crippen LogP) is 5.89. The van der Waals surface area contributed by atoms with Crippen LogP contribution in [0.15, 0.2) is 42.6 Å². The number of pyridine rings is 1. The standard InChI is InChI=1S/C24H29ClN4O/c1-17(2)12-14-28(24(30)18-7-5-8-19(25)15-18)16-22-27-21-11-6-13-26-23(21)29(22)20-9-3-4-10-20/h5-8,11,13,15,17,20H,3-4,9-10,12,14,16H2,1-2H3. The summed E-state index contributed by atoms with van der Waals surface area (Å²) in [6.45, 7) is 5.52. The number of halogens is 1. The number of imidazole rings is 1. The fraction of sp³-hybridized carbons (Fsp3) is 0.458. The number of fused-ring (bicyclic) bond motifs is 1. The molecular weight excluding hydrogens is 396 g/mol. The molecule has 1 saturated carbocycles. The zero-order valence-electron chi connectivity index (χ0n) is 17.7. The lowest BCUT2D eigenvalue weighted by atomic mass is 10.1. The highest BCUT2D eigenvalue weighted by Gasteiger charge is 2.26. The first-order valence-electron chi connectivity index (χ1n) is 10.9. The Bertz CT molecular complexity index is 1020. The van der Waals surface area contributed by atoms with E-state index in [-0.39, 0.29) is 5.91 Å². The molecule has 2 aromatic heterocycles. The molecule has 0 spiro atoms. The molecule has 0 bridgehead atoms. The molecule has 6 heteroatoms. The van der Waals surface area contributed by atoms with Gasteiger partial charge in [0.05, 0.1) is 6.54 Å². The van der Waals surface area contributed by atoms with E-state index in [0.717, 1.165) is 36.3 Å². The van der Waals surface area contributed by atoms with Crippen molar-refractivity contribution < 1.29 is 4.79 Å². The van der Waals surface area contributed by atoms with Gasteiger partial charge in [-0.2, -0.15) is 0 Å². The zero-order chi connectivity index (χ0) is 21.1. The van der Waals surface area contributed by atoms with Crippen molar-refractivity contribution in [3.05, 3.63) is 59.0 Å². The fourth-order valence-electron chi connectivity index (χ4n) is 4.28. The third-order valence-electron chi connectivity index (χ3n) is 5.88. The summed E-state index contributed by atoms with van der Waals surface area (Å²) >= 11 is 6.15. The highest BCUT2D eigenvalue weighted by atomic mass is 35.5. The maximum atomic E-state index is 13.4. The van der Waals surface area contributed by atoms with Crippen LogP contribution >= 0.6 is 11.6 Å². The molecule has 1 aromatic carbocycles. The Balaban J connectivity index is 1.69. The van der Waals surface area contributed by atoms with Crippen LogP contribution in [-0.4, -0.2) is 31.9 Å². The number of carbonyl (C=O) groups excluding carboxylic acids is 1. The van der Waals surface area contributed by atoms with Gasteiger partial charge in [-0.15, -0.1) is 0 Å². The van der Waals surface area contributed by atoms with Gasteiger partial charge < -0.3 is 9.47 Å². The molecule has 0 saturated heterocycles. The zero-order valence-corrected chi connectivity index (χ0v) is 18.5. The van der Waals surface area contributed by atoms with Crippen molar-refractivity contribution in [3.63, 3.8) is 0 Å². The number of aromatic nitrogens is 3. The van der Waals surface area contributed by atoms with Crippen molar-refractivity contribution in [3.8, 4) is 0 Å². The van der Waals surface area contributed by atoms with E-state index >= 15 is 0 Å². The number of amides is 1. The maximum absolute atomic E-state index is 13.4. The van der Waals surface area contributed by atoms with Gasteiger partial charge in [0.1, 0.15) is 11.3 Å². The average Bonchev–Trinajstić information content (AvgIpc) is 3.37. The normalized spacial score (nSPS) is 14.7. The van der Waals surface area contributed by atoms with E-state index in [1.165, 1.54) is 12.8 Å². The molecule has 5 nitrogen and oxygen atoms in total. The van der Waals surface area contributed by atoms with E-state index in [9.17, 15) is 4.79 Å². The minimum absolute atomic E-state index is 0.00358. The van der Waals surface area contributed by atoms with Gasteiger partial charge in [-0.1, -0.05) is 44.4 Å².